The number of fused-ring (bicyclic) bond motifs is 1. The molecule has 1 amide bonds. The molecule has 4 N–H and O–H groups in total. The average Bonchev–Trinajstić information content (AvgIpc) is 3.19. The highest BCUT2D eigenvalue weighted by molar-refractivity contribution is 5.89. The summed E-state index contributed by atoms with van der Waals surface area (Å²) in [5, 5.41) is 10.4. The third-order valence-corrected chi connectivity index (χ3v) is 4.62. The van der Waals surface area contributed by atoms with Crippen LogP contribution in [0.2, 0.25) is 0 Å². The second kappa shape index (κ2) is 9.09. The van der Waals surface area contributed by atoms with E-state index in [1.165, 1.54) is 6.92 Å². The highest BCUT2D eigenvalue weighted by Gasteiger charge is 2.12. The van der Waals surface area contributed by atoms with E-state index in [1.54, 1.807) is 0 Å². The third-order valence-electron chi connectivity index (χ3n) is 4.62. The molecule has 0 bridgehead atoms. The van der Waals surface area contributed by atoms with Gasteiger partial charge in [-0.25, -0.2) is 9.97 Å². The lowest BCUT2D eigenvalue weighted by Gasteiger charge is -2.09. The number of H-pyrrole nitrogens is 1. The molecule has 4 rings (SSSR count). The zero-order valence-electron chi connectivity index (χ0n) is 16.8. The van der Waals surface area contributed by atoms with Gasteiger partial charge in [0.1, 0.15) is 11.5 Å². The number of anilines is 2. The van der Waals surface area contributed by atoms with Crippen LogP contribution in [-0.4, -0.2) is 33.9 Å². The van der Waals surface area contributed by atoms with Crippen molar-refractivity contribution < 1.29 is 4.79 Å². The van der Waals surface area contributed by atoms with Gasteiger partial charge in [0.15, 0.2) is 5.82 Å². The van der Waals surface area contributed by atoms with Gasteiger partial charge >= 0.3 is 0 Å². The molecule has 0 aliphatic carbocycles. The van der Waals surface area contributed by atoms with Crippen LogP contribution >= 0.6 is 0 Å². The molecule has 0 radical (unpaired) electrons. The molecule has 0 aliphatic heterocycles. The molecule has 0 spiro atoms. The summed E-state index contributed by atoms with van der Waals surface area (Å²) >= 11 is 0. The van der Waals surface area contributed by atoms with Crippen molar-refractivity contribution in [1.82, 2.24) is 20.3 Å². The van der Waals surface area contributed by atoms with Gasteiger partial charge in [-0.1, -0.05) is 48.5 Å². The van der Waals surface area contributed by atoms with Gasteiger partial charge in [-0.2, -0.15) is 0 Å². The van der Waals surface area contributed by atoms with Gasteiger partial charge in [0.05, 0.1) is 11.9 Å². The topological polar surface area (TPSA) is 94.7 Å². The van der Waals surface area contributed by atoms with Crippen molar-refractivity contribution in [3.8, 4) is 11.4 Å². The maximum absolute atomic E-state index is 11.1. The summed E-state index contributed by atoms with van der Waals surface area (Å²) in [6.45, 7) is 3.25. The van der Waals surface area contributed by atoms with Gasteiger partial charge in [0.25, 0.3) is 0 Å². The van der Waals surface area contributed by atoms with Crippen LogP contribution in [0.5, 0.6) is 0 Å². The molecule has 30 heavy (non-hydrogen) atoms. The first kappa shape index (κ1) is 19.4. The predicted molar refractivity (Wildman–Crippen MR) is 120 cm³/mol. The van der Waals surface area contributed by atoms with Crippen molar-refractivity contribution >= 4 is 28.4 Å². The van der Waals surface area contributed by atoms with Crippen molar-refractivity contribution in [3.05, 3.63) is 72.4 Å². The summed E-state index contributed by atoms with van der Waals surface area (Å²) in [6.07, 6.45) is 0. The summed E-state index contributed by atoms with van der Waals surface area (Å²) in [5.41, 5.74) is 3.79. The van der Waals surface area contributed by atoms with Crippen molar-refractivity contribution in [2.75, 3.05) is 23.7 Å². The van der Waals surface area contributed by atoms with Crippen LogP contribution in [0.25, 0.3) is 22.4 Å². The lowest BCUT2D eigenvalue weighted by Crippen LogP contribution is -2.26. The van der Waals surface area contributed by atoms with E-state index in [9.17, 15) is 4.79 Å². The van der Waals surface area contributed by atoms with Gasteiger partial charge in [-0.05, 0) is 18.2 Å². The van der Waals surface area contributed by atoms with Gasteiger partial charge in [-0.3, -0.25) is 4.79 Å². The maximum atomic E-state index is 11.1. The Morgan fingerprint density at radius 3 is 2.40 bits per heavy atom. The van der Waals surface area contributed by atoms with Crippen LogP contribution in [0.1, 0.15) is 12.6 Å². The Morgan fingerprint density at radius 2 is 1.67 bits per heavy atom. The van der Waals surface area contributed by atoms with Crippen LogP contribution in [0.15, 0.2) is 66.7 Å². The smallest absolute Gasteiger partial charge is 0.216 e. The number of nitrogens with zero attached hydrogens (tertiary/aromatic N) is 2. The number of aromatic amines is 1. The number of amides is 1. The van der Waals surface area contributed by atoms with Gasteiger partial charge in [0.2, 0.25) is 5.91 Å². The van der Waals surface area contributed by atoms with Crippen LogP contribution in [-0.2, 0) is 11.3 Å². The van der Waals surface area contributed by atoms with E-state index in [0.29, 0.717) is 25.5 Å². The van der Waals surface area contributed by atoms with Crippen molar-refractivity contribution in [2.24, 2.45) is 0 Å². The second-order valence-electron chi connectivity index (χ2n) is 6.95. The molecule has 0 unspecified atom stereocenters. The van der Waals surface area contributed by atoms with E-state index in [-0.39, 0.29) is 5.91 Å². The van der Waals surface area contributed by atoms with Crippen LogP contribution < -0.4 is 16.0 Å². The molecular formula is C23H24N6O. The first-order chi connectivity index (χ1) is 14.7. The number of para-hydroxylation sites is 1. The zero-order chi connectivity index (χ0) is 20.8. The van der Waals surface area contributed by atoms with Crippen molar-refractivity contribution in [2.45, 2.75) is 13.5 Å². The SMILES string of the molecule is CC(=O)NCCNc1nc(-c2ccccc2)nc2[nH]c(CNc3ccccc3)cc12. The molecule has 0 fully saturated rings. The molecule has 0 aliphatic rings. The molecule has 2 heterocycles. The lowest BCUT2D eigenvalue weighted by molar-refractivity contribution is -0.118. The normalized spacial score (nSPS) is 10.7. The molecule has 0 atom stereocenters. The standard InChI is InChI=1S/C23H24N6O/c1-16(30)24-12-13-25-22-20-14-19(15-26-18-10-6-3-7-11-18)27-23(20)29-21(28-22)17-8-4-2-5-9-17/h2-11,14,26H,12-13,15H2,1H3,(H,24,30)(H2,25,27,28,29). The molecule has 0 saturated carbocycles. The molecule has 0 saturated heterocycles. The van der Waals surface area contributed by atoms with E-state index < -0.39 is 0 Å². The van der Waals surface area contributed by atoms with Crippen molar-refractivity contribution in [1.29, 1.82) is 0 Å². The van der Waals surface area contributed by atoms with Crippen molar-refractivity contribution in [3.63, 3.8) is 0 Å². The number of hydrogen-bond acceptors (Lipinski definition) is 5. The molecule has 7 nitrogen and oxygen atoms in total. The minimum absolute atomic E-state index is 0.0504. The molecule has 152 valence electrons. The van der Waals surface area contributed by atoms with Crippen LogP contribution in [0, 0.1) is 0 Å². The van der Waals surface area contributed by atoms with E-state index in [2.05, 4.69) is 27.0 Å². The fourth-order valence-corrected chi connectivity index (χ4v) is 3.18. The summed E-state index contributed by atoms with van der Waals surface area (Å²) in [7, 11) is 0. The first-order valence-corrected chi connectivity index (χ1v) is 9.91. The number of aromatic nitrogens is 3. The Bertz CT molecular complexity index is 1120. The third kappa shape index (κ3) is 4.75. The quantitative estimate of drug-likeness (QED) is 0.338. The van der Waals surface area contributed by atoms with Gasteiger partial charge in [0, 0.05) is 37.0 Å². The van der Waals surface area contributed by atoms with E-state index in [1.807, 2.05) is 60.7 Å². The molecule has 2 aromatic carbocycles. The Morgan fingerprint density at radius 1 is 0.933 bits per heavy atom. The lowest BCUT2D eigenvalue weighted by atomic mass is 10.2. The first-order valence-electron chi connectivity index (χ1n) is 9.91. The van der Waals surface area contributed by atoms with E-state index in [4.69, 9.17) is 9.97 Å². The summed E-state index contributed by atoms with van der Waals surface area (Å²) < 4.78 is 0. The van der Waals surface area contributed by atoms with E-state index in [0.717, 1.165) is 33.8 Å². The fourth-order valence-electron chi connectivity index (χ4n) is 3.18. The number of benzene rings is 2. The summed E-state index contributed by atoms with van der Waals surface area (Å²) in [6, 6.07) is 22.0. The minimum atomic E-state index is -0.0504. The number of rotatable bonds is 8. The maximum Gasteiger partial charge on any atom is 0.216 e. The number of nitrogens with one attached hydrogen (secondary N) is 4. The highest BCUT2D eigenvalue weighted by Crippen LogP contribution is 2.26. The Labute approximate surface area is 175 Å². The van der Waals surface area contributed by atoms with Gasteiger partial charge in [-0.15, -0.1) is 0 Å². The predicted octanol–water partition coefficient (Wildman–Crippen LogP) is 3.79. The Balaban J connectivity index is 1.61. The monoisotopic (exact) mass is 400 g/mol. The molecular weight excluding hydrogens is 376 g/mol. The number of hydrogen-bond donors (Lipinski definition) is 4. The second-order valence-corrected chi connectivity index (χ2v) is 6.95. The van der Waals surface area contributed by atoms with Gasteiger partial charge < -0.3 is 20.9 Å². The average molecular weight is 400 g/mol. The number of carbonyl (C=O) groups excluding carboxylic acids is 1. The largest absolute Gasteiger partial charge is 0.379 e. The van der Waals surface area contributed by atoms with E-state index >= 15 is 0 Å². The Hall–Kier alpha value is -3.87. The molecule has 4 aromatic rings. The summed E-state index contributed by atoms with van der Waals surface area (Å²) in [4.78, 5) is 24.0. The van der Waals surface area contributed by atoms with Crippen LogP contribution in [0.3, 0.4) is 0 Å². The summed E-state index contributed by atoms with van der Waals surface area (Å²) in [5.74, 6) is 1.34. The minimum Gasteiger partial charge on any atom is -0.379 e. The number of carbonyl (C=O) groups is 1. The molecule has 2 aromatic heterocycles. The van der Waals surface area contributed by atoms with Crippen LogP contribution in [0.4, 0.5) is 11.5 Å². The zero-order valence-corrected chi connectivity index (χ0v) is 16.8. The fraction of sp³-hybridized carbons (Fsp3) is 0.174. The molecule has 7 heteroatoms. The Kier molecular flexibility index (Phi) is 5.89. The highest BCUT2D eigenvalue weighted by atomic mass is 16.1.